The molecule has 0 bridgehead atoms. The lowest BCUT2D eigenvalue weighted by atomic mass is 10.1. The van der Waals surface area contributed by atoms with Gasteiger partial charge >= 0.3 is 5.97 Å². The highest BCUT2D eigenvalue weighted by molar-refractivity contribution is 7.14. The number of ether oxygens (including phenoxy) is 1. The summed E-state index contributed by atoms with van der Waals surface area (Å²) in [6.45, 7) is 7.19. The second kappa shape index (κ2) is 10.5. The van der Waals surface area contributed by atoms with Crippen LogP contribution in [0.4, 0.5) is 5.13 Å². The Morgan fingerprint density at radius 1 is 1.27 bits per heavy atom. The maximum absolute atomic E-state index is 13.0. The third-order valence-corrected chi connectivity index (χ3v) is 5.99. The Morgan fingerprint density at radius 2 is 2.10 bits per heavy atom. The van der Waals surface area contributed by atoms with E-state index in [4.69, 9.17) is 4.74 Å². The Balaban J connectivity index is 1.71. The van der Waals surface area contributed by atoms with E-state index in [1.807, 2.05) is 10.6 Å². The Kier molecular flexibility index (Phi) is 7.81. The summed E-state index contributed by atoms with van der Waals surface area (Å²) < 4.78 is 6.97. The third kappa shape index (κ3) is 6.27. The highest BCUT2D eigenvalue weighted by atomic mass is 32.1. The second-order valence-corrected chi connectivity index (χ2v) is 9.12. The molecule has 0 aliphatic heterocycles. The Morgan fingerprint density at radius 3 is 2.80 bits per heavy atom. The van der Waals surface area contributed by atoms with Gasteiger partial charge in [-0.15, -0.1) is 11.3 Å². The van der Waals surface area contributed by atoms with Crippen molar-refractivity contribution in [2.45, 2.75) is 46.6 Å². The summed E-state index contributed by atoms with van der Waals surface area (Å²) in [7, 11) is 0. The van der Waals surface area contributed by atoms with Crippen molar-refractivity contribution in [2.75, 3.05) is 11.9 Å². The topological polar surface area (TPSA) is 73.2 Å². The van der Waals surface area contributed by atoms with Crippen LogP contribution in [0.15, 0.2) is 34.5 Å². The monoisotopic (exact) mass is 445 g/mol. The first-order chi connectivity index (χ1) is 14.4. The quantitative estimate of drug-likeness (QED) is 0.455. The number of esters is 1. The highest BCUT2D eigenvalue weighted by Gasteiger charge is 2.17. The number of carbonyl (C=O) groups excluding carboxylic acids is 2. The molecule has 0 aliphatic rings. The van der Waals surface area contributed by atoms with Crippen LogP contribution in [0.2, 0.25) is 0 Å². The van der Waals surface area contributed by atoms with Gasteiger partial charge in [-0.2, -0.15) is 11.3 Å². The molecule has 1 amide bonds. The number of aryl methyl sites for hydroxylation is 2. The minimum Gasteiger partial charge on any atom is -0.466 e. The van der Waals surface area contributed by atoms with Crippen molar-refractivity contribution in [3.63, 3.8) is 0 Å². The number of amides is 1. The lowest BCUT2D eigenvalue weighted by molar-refractivity contribution is -0.142. The fourth-order valence-corrected chi connectivity index (χ4v) is 4.59. The number of anilines is 1. The molecule has 8 heteroatoms. The average molecular weight is 446 g/mol. The molecule has 0 fully saturated rings. The van der Waals surface area contributed by atoms with E-state index in [0.717, 1.165) is 24.9 Å². The molecule has 3 rings (SSSR count). The summed E-state index contributed by atoms with van der Waals surface area (Å²) >= 11 is 2.99. The molecule has 0 aliphatic carbocycles. The van der Waals surface area contributed by atoms with E-state index >= 15 is 0 Å². The molecule has 0 radical (unpaired) electrons. The normalized spacial score (nSPS) is 11.1. The zero-order chi connectivity index (χ0) is 21.5. The molecule has 0 saturated carbocycles. The summed E-state index contributed by atoms with van der Waals surface area (Å²) in [6, 6.07) is 4.08. The molecule has 3 heterocycles. The summed E-state index contributed by atoms with van der Waals surface area (Å²) in [4.78, 5) is 28.9. The number of nitrogens with zero attached hydrogens (tertiary/aromatic N) is 2. The summed E-state index contributed by atoms with van der Waals surface area (Å²) in [5.41, 5.74) is 3.65. The summed E-state index contributed by atoms with van der Waals surface area (Å²) in [5, 5.41) is 9.34. The fraction of sp³-hybridized carbons (Fsp3) is 0.409. The highest BCUT2D eigenvalue weighted by Crippen LogP contribution is 2.20. The number of hydrogen-bond donors (Lipinski definition) is 1. The number of thiophene rings is 1. The summed E-state index contributed by atoms with van der Waals surface area (Å²) in [6.07, 6.45) is 3.98. The molecule has 0 saturated heterocycles. The minimum absolute atomic E-state index is 0.107. The average Bonchev–Trinajstić information content (AvgIpc) is 3.41. The van der Waals surface area contributed by atoms with E-state index in [9.17, 15) is 9.59 Å². The van der Waals surface area contributed by atoms with E-state index in [1.165, 1.54) is 16.9 Å². The van der Waals surface area contributed by atoms with Gasteiger partial charge in [0.2, 0.25) is 0 Å². The predicted molar refractivity (Wildman–Crippen MR) is 121 cm³/mol. The van der Waals surface area contributed by atoms with Crippen LogP contribution in [0.25, 0.3) is 0 Å². The molecule has 0 unspecified atom stereocenters. The fourth-order valence-electron chi connectivity index (χ4n) is 3.18. The molecule has 3 aromatic rings. The molecule has 0 aromatic carbocycles. The number of rotatable bonds is 10. The summed E-state index contributed by atoms with van der Waals surface area (Å²) in [5.74, 6) is 0.00621. The molecule has 160 valence electrons. The number of aromatic nitrogens is 2. The smallest absolute Gasteiger partial charge is 0.311 e. The van der Waals surface area contributed by atoms with Gasteiger partial charge in [-0.1, -0.05) is 13.8 Å². The Labute approximate surface area is 184 Å². The van der Waals surface area contributed by atoms with E-state index in [2.05, 4.69) is 47.2 Å². The van der Waals surface area contributed by atoms with Crippen LogP contribution < -0.4 is 5.32 Å². The SMILES string of the molecule is CCOC(=O)Cc1csc(NC(=O)c2cc(CC(C)C)cn2CCc2ccsc2)n1. The van der Waals surface area contributed by atoms with Gasteiger partial charge in [0.15, 0.2) is 5.13 Å². The van der Waals surface area contributed by atoms with Crippen molar-refractivity contribution in [2.24, 2.45) is 5.92 Å². The van der Waals surface area contributed by atoms with Gasteiger partial charge in [0, 0.05) is 18.1 Å². The Hall–Kier alpha value is -2.45. The number of thiazole rings is 1. The Bertz CT molecular complexity index is 974. The molecule has 0 spiro atoms. The maximum atomic E-state index is 13.0. The van der Waals surface area contributed by atoms with Crippen molar-refractivity contribution in [1.82, 2.24) is 9.55 Å². The van der Waals surface area contributed by atoms with Gasteiger partial charge in [0.25, 0.3) is 5.91 Å². The van der Waals surface area contributed by atoms with Crippen LogP contribution in [0.3, 0.4) is 0 Å². The first kappa shape index (κ1) is 22.2. The van der Waals surface area contributed by atoms with Crippen LogP contribution >= 0.6 is 22.7 Å². The van der Waals surface area contributed by atoms with E-state index in [0.29, 0.717) is 29.0 Å². The first-order valence-corrected chi connectivity index (χ1v) is 11.9. The van der Waals surface area contributed by atoms with Gasteiger partial charge in [0.05, 0.1) is 18.7 Å². The second-order valence-electron chi connectivity index (χ2n) is 7.49. The van der Waals surface area contributed by atoms with E-state index < -0.39 is 0 Å². The van der Waals surface area contributed by atoms with Crippen molar-refractivity contribution in [3.05, 3.63) is 57.0 Å². The zero-order valence-electron chi connectivity index (χ0n) is 17.5. The maximum Gasteiger partial charge on any atom is 0.311 e. The van der Waals surface area contributed by atoms with Crippen molar-refractivity contribution >= 4 is 39.7 Å². The van der Waals surface area contributed by atoms with E-state index in [1.54, 1.807) is 23.6 Å². The number of carbonyl (C=O) groups is 2. The lowest BCUT2D eigenvalue weighted by Crippen LogP contribution is -2.17. The lowest BCUT2D eigenvalue weighted by Gasteiger charge is -2.08. The molecular formula is C22H27N3O3S2. The molecule has 30 heavy (non-hydrogen) atoms. The van der Waals surface area contributed by atoms with Crippen molar-refractivity contribution in [3.8, 4) is 0 Å². The molecule has 6 nitrogen and oxygen atoms in total. The molecular weight excluding hydrogens is 418 g/mol. The standard InChI is InChI=1S/C22H27N3O3S2/c1-4-28-20(26)11-18-14-30-22(23-18)24-21(27)19-10-17(9-15(2)3)12-25(19)7-5-16-6-8-29-13-16/h6,8,10,12-15H,4-5,7,9,11H2,1-3H3,(H,23,24,27). The van der Waals surface area contributed by atoms with Gasteiger partial charge in [0.1, 0.15) is 5.69 Å². The first-order valence-electron chi connectivity index (χ1n) is 10.1. The predicted octanol–water partition coefficient (Wildman–Crippen LogP) is 4.81. The number of hydrogen-bond acceptors (Lipinski definition) is 6. The number of nitrogens with one attached hydrogen (secondary N) is 1. The van der Waals surface area contributed by atoms with Gasteiger partial charge < -0.3 is 9.30 Å². The van der Waals surface area contributed by atoms with Crippen molar-refractivity contribution < 1.29 is 14.3 Å². The molecule has 3 aromatic heterocycles. The van der Waals surface area contributed by atoms with Crippen LogP contribution in [0.1, 0.15) is 48.1 Å². The zero-order valence-corrected chi connectivity index (χ0v) is 19.1. The molecule has 1 N–H and O–H groups in total. The van der Waals surface area contributed by atoms with Gasteiger partial charge in [-0.05, 0) is 59.7 Å². The van der Waals surface area contributed by atoms with E-state index in [-0.39, 0.29) is 18.3 Å². The molecule has 0 atom stereocenters. The van der Waals surface area contributed by atoms with Crippen LogP contribution in [0.5, 0.6) is 0 Å². The van der Waals surface area contributed by atoms with Crippen LogP contribution in [-0.2, 0) is 35.3 Å². The van der Waals surface area contributed by atoms with Crippen LogP contribution in [0, 0.1) is 5.92 Å². The third-order valence-electron chi connectivity index (χ3n) is 4.45. The minimum atomic E-state index is -0.318. The van der Waals surface area contributed by atoms with Crippen molar-refractivity contribution in [1.29, 1.82) is 0 Å². The van der Waals surface area contributed by atoms with Gasteiger partial charge in [-0.25, -0.2) is 4.98 Å². The van der Waals surface area contributed by atoms with Gasteiger partial charge in [-0.3, -0.25) is 14.9 Å². The largest absolute Gasteiger partial charge is 0.466 e. The van der Waals surface area contributed by atoms with Crippen LogP contribution in [-0.4, -0.2) is 28.0 Å².